The lowest BCUT2D eigenvalue weighted by molar-refractivity contribution is -0.161. The van der Waals surface area contributed by atoms with E-state index in [1.54, 1.807) is 0 Å². The molecule has 16 heavy (non-hydrogen) atoms. The average Bonchev–Trinajstić information content (AvgIpc) is 2.13. The molecule has 0 aromatic carbocycles. The Bertz CT molecular complexity index is 266. The van der Waals surface area contributed by atoms with E-state index < -0.39 is 0 Å². The number of ether oxygens (including phenoxy) is 1. The van der Waals surface area contributed by atoms with Crippen molar-refractivity contribution in [1.82, 2.24) is 5.32 Å². The van der Waals surface area contributed by atoms with Gasteiger partial charge in [0.2, 0.25) is 0 Å². The molecule has 1 N–H and O–H groups in total. The fourth-order valence-corrected chi connectivity index (χ4v) is 2.70. The Morgan fingerprint density at radius 1 is 1.25 bits per heavy atom. The zero-order valence-corrected chi connectivity index (χ0v) is 10.6. The first-order valence-electron chi connectivity index (χ1n) is 6.38. The highest BCUT2D eigenvalue weighted by atomic mass is 16.6. The van der Waals surface area contributed by atoms with Crippen LogP contribution in [0.5, 0.6) is 0 Å². The smallest absolute Gasteiger partial charge is 0.309 e. The summed E-state index contributed by atoms with van der Waals surface area (Å²) in [5.74, 6) is 0.133. The monoisotopic (exact) mass is 225 g/mol. The Morgan fingerprint density at radius 2 is 1.81 bits per heavy atom. The highest BCUT2D eigenvalue weighted by Gasteiger charge is 2.42. The van der Waals surface area contributed by atoms with E-state index in [2.05, 4.69) is 5.32 Å². The van der Waals surface area contributed by atoms with Crippen molar-refractivity contribution in [3.63, 3.8) is 0 Å². The molecule has 1 spiro atoms. The SMILES string of the molecule is CC(C)(C)OC(=O)C1CCC2(CCN2)CC1. The van der Waals surface area contributed by atoms with Gasteiger partial charge in [-0.15, -0.1) is 0 Å². The second-order valence-corrected chi connectivity index (χ2v) is 6.26. The van der Waals surface area contributed by atoms with E-state index in [-0.39, 0.29) is 17.5 Å². The highest BCUT2D eigenvalue weighted by Crippen LogP contribution is 2.38. The van der Waals surface area contributed by atoms with Gasteiger partial charge in [0, 0.05) is 5.54 Å². The van der Waals surface area contributed by atoms with Crippen molar-refractivity contribution in [2.24, 2.45) is 5.92 Å². The Hall–Kier alpha value is -0.570. The lowest BCUT2D eigenvalue weighted by Crippen LogP contribution is -2.58. The molecule has 1 aliphatic heterocycles. The van der Waals surface area contributed by atoms with Gasteiger partial charge in [0.15, 0.2) is 0 Å². The van der Waals surface area contributed by atoms with Crippen LogP contribution in [0.4, 0.5) is 0 Å². The molecule has 2 aliphatic rings. The summed E-state index contributed by atoms with van der Waals surface area (Å²) in [6.45, 7) is 6.95. The van der Waals surface area contributed by atoms with Gasteiger partial charge in [0.25, 0.3) is 0 Å². The third-order valence-corrected chi connectivity index (χ3v) is 3.79. The van der Waals surface area contributed by atoms with Gasteiger partial charge in [0.05, 0.1) is 5.92 Å². The van der Waals surface area contributed by atoms with Crippen molar-refractivity contribution >= 4 is 5.97 Å². The molecule has 1 saturated heterocycles. The molecule has 1 aliphatic carbocycles. The summed E-state index contributed by atoms with van der Waals surface area (Å²) in [5, 5.41) is 3.52. The predicted octanol–water partition coefficient (Wildman–Crippen LogP) is 2.25. The molecule has 0 bridgehead atoms. The average molecular weight is 225 g/mol. The van der Waals surface area contributed by atoms with Gasteiger partial charge in [0.1, 0.15) is 5.60 Å². The van der Waals surface area contributed by atoms with Gasteiger partial charge in [-0.1, -0.05) is 0 Å². The Morgan fingerprint density at radius 3 is 2.19 bits per heavy atom. The van der Waals surface area contributed by atoms with Crippen molar-refractivity contribution in [2.45, 2.75) is 64.0 Å². The molecule has 0 aromatic rings. The molecular weight excluding hydrogens is 202 g/mol. The van der Waals surface area contributed by atoms with E-state index in [0.29, 0.717) is 5.54 Å². The molecule has 0 aromatic heterocycles. The second-order valence-electron chi connectivity index (χ2n) is 6.26. The van der Waals surface area contributed by atoms with E-state index in [4.69, 9.17) is 4.74 Å². The first-order valence-corrected chi connectivity index (χ1v) is 6.38. The van der Waals surface area contributed by atoms with Crippen LogP contribution in [0, 0.1) is 5.92 Å². The topological polar surface area (TPSA) is 38.3 Å². The normalized spacial score (nSPS) is 34.6. The molecule has 3 nitrogen and oxygen atoms in total. The van der Waals surface area contributed by atoms with Gasteiger partial charge in [-0.05, 0) is 59.4 Å². The van der Waals surface area contributed by atoms with E-state index >= 15 is 0 Å². The minimum Gasteiger partial charge on any atom is -0.460 e. The van der Waals surface area contributed by atoms with Crippen LogP contribution >= 0.6 is 0 Å². The van der Waals surface area contributed by atoms with Crippen molar-refractivity contribution in [3.05, 3.63) is 0 Å². The molecule has 0 amide bonds. The first kappa shape index (κ1) is 11.9. The minimum absolute atomic E-state index is 0.00155. The predicted molar refractivity (Wildman–Crippen MR) is 63.2 cm³/mol. The fraction of sp³-hybridized carbons (Fsp3) is 0.923. The summed E-state index contributed by atoms with van der Waals surface area (Å²) in [5.41, 5.74) is 0.0411. The van der Waals surface area contributed by atoms with Crippen LogP contribution < -0.4 is 5.32 Å². The third kappa shape index (κ3) is 2.57. The first-order chi connectivity index (χ1) is 7.40. The number of nitrogens with one attached hydrogen (secondary N) is 1. The van der Waals surface area contributed by atoms with E-state index in [1.807, 2.05) is 20.8 Å². The number of carbonyl (C=O) groups excluding carboxylic acids is 1. The zero-order valence-electron chi connectivity index (χ0n) is 10.6. The van der Waals surface area contributed by atoms with Gasteiger partial charge in [-0.2, -0.15) is 0 Å². The fourth-order valence-electron chi connectivity index (χ4n) is 2.70. The van der Waals surface area contributed by atoms with Gasteiger partial charge >= 0.3 is 5.97 Å². The van der Waals surface area contributed by atoms with Crippen LogP contribution in [0.2, 0.25) is 0 Å². The van der Waals surface area contributed by atoms with Crippen molar-refractivity contribution in [3.8, 4) is 0 Å². The van der Waals surface area contributed by atoms with Crippen LogP contribution in [0.25, 0.3) is 0 Å². The number of hydrogen-bond donors (Lipinski definition) is 1. The Labute approximate surface area is 97.9 Å². The maximum Gasteiger partial charge on any atom is 0.309 e. The summed E-state index contributed by atoms with van der Waals surface area (Å²) in [6, 6.07) is 0. The molecule has 2 rings (SSSR count). The van der Waals surface area contributed by atoms with E-state index in [9.17, 15) is 4.79 Å². The second kappa shape index (κ2) is 4.02. The van der Waals surface area contributed by atoms with Gasteiger partial charge in [-0.25, -0.2) is 0 Å². The molecule has 0 atom stereocenters. The highest BCUT2D eigenvalue weighted by molar-refractivity contribution is 5.73. The summed E-state index contributed by atoms with van der Waals surface area (Å²) >= 11 is 0. The lowest BCUT2D eigenvalue weighted by Gasteiger charge is -2.47. The van der Waals surface area contributed by atoms with Gasteiger partial charge in [-0.3, -0.25) is 4.79 Å². The molecule has 3 heteroatoms. The number of carbonyl (C=O) groups is 1. The lowest BCUT2D eigenvalue weighted by atomic mass is 9.71. The summed E-state index contributed by atoms with van der Waals surface area (Å²) < 4.78 is 5.44. The Kier molecular flexibility index (Phi) is 2.99. The molecule has 92 valence electrons. The maximum absolute atomic E-state index is 11.9. The largest absolute Gasteiger partial charge is 0.460 e. The molecule has 2 fully saturated rings. The number of hydrogen-bond acceptors (Lipinski definition) is 3. The van der Waals surface area contributed by atoms with Crippen LogP contribution in [0.15, 0.2) is 0 Å². The number of rotatable bonds is 1. The molecule has 1 saturated carbocycles. The molecule has 0 radical (unpaired) electrons. The van der Waals surface area contributed by atoms with Crippen molar-refractivity contribution in [1.29, 1.82) is 0 Å². The standard InChI is InChI=1S/C13H23NO2/c1-12(2,3)16-11(15)10-4-6-13(7-5-10)8-9-14-13/h10,14H,4-9H2,1-3H3. The molecular formula is C13H23NO2. The van der Waals surface area contributed by atoms with Crippen molar-refractivity contribution in [2.75, 3.05) is 6.54 Å². The quantitative estimate of drug-likeness (QED) is 0.696. The summed E-state index contributed by atoms with van der Waals surface area (Å²) in [4.78, 5) is 11.9. The van der Waals surface area contributed by atoms with Crippen LogP contribution in [0.1, 0.15) is 52.9 Å². The molecule has 0 unspecified atom stereocenters. The Balaban J connectivity index is 1.82. The zero-order chi connectivity index (χ0) is 11.8. The summed E-state index contributed by atoms with van der Waals surface area (Å²) in [7, 11) is 0. The molecule has 1 heterocycles. The third-order valence-electron chi connectivity index (χ3n) is 3.79. The summed E-state index contributed by atoms with van der Waals surface area (Å²) in [6.07, 6.45) is 5.53. The van der Waals surface area contributed by atoms with E-state index in [1.165, 1.54) is 6.42 Å². The van der Waals surface area contributed by atoms with Crippen LogP contribution in [-0.2, 0) is 9.53 Å². The van der Waals surface area contributed by atoms with Crippen LogP contribution in [0.3, 0.4) is 0 Å². The number of esters is 1. The minimum atomic E-state index is -0.346. The van der Waals surface area contributed by atoms with E-state index in [0.717, 1.165) is 32.2 Å². The van der Waals surface area contributed by atoms with Gasteiger partial charge < -0.3 is 10.1 Å². The van der Waals surface area contributed by atoms with Crippen molar-refractivity contribution < 1.29 is 9.53 Å². The maximum atomic E-state index is 11.9. The van der Waals surface area contributed by atoms with Crippen LogP contribution in [-0.4, -0.2) is 23.7 Å².